The molecule has 1 N–H and O–H groups in total. The lowest BCUT2D eigenvalue weighted by atomic mass is 10.1. The summed E-state index contributed by atoms with van der Waals surface area (Å²) in [7, 11) is 0. The second-order valence-corrected chi connectivity index (χ2v) is 3.51. The Morgan fingerprint density at radius 3 is 2.44 bits per heavy atom. The molecular formula is C9H7F3N2O2. The molecule has 1 heterocycles. The first-order valence-corrected chi connectivity index (χ1v) is 4.52. The molecule has 16 heavy (non-hydrogen) atoms. The molecule has 86 valence electrons. The molecule has 1 fully saturated rings. The molecule has 0 atom stereocenters. The van der Waals surface area contributed by atoms with Gasteiger partial charge in [-0.15, -0.1) is 0 Å². The Kier molecular flexibility index (Phi) is 2.25. The number of nitrogens with zero attached hydrogens (tertiary/aromatic N) is 1. The van der Waals surface area contributed by atoms with Gasteiger partial charge in [-0.1, -0.05) is 0 Å². The van der Waals surface area contributed by atoms with Crippen molar-refractivity contribution in [1.29, 1.82) is 0 Å². The molecule has 2 aliphatic rings. The van der Waals surface area contributed by atoms with E-state index in [9.17, 15) is 23.3 Å². The number of nitrogens with one attached hydrogen (secondary N) is 1. The summed E-state index contributed by atoms with van der Waals surface area (Å²) in [5.74, 6) is 0. The van der Waals surface area contributed by atoms with Gasteiger partial charge in [0.15, 0.2) is 0 Å². The van der Waals surface area contributed by atoms with Crippen LogP contribution in [0.5, 0.6) is 0 Å². The molecule has 0 saturated heterocycles. The predicted molar refractivity (Wildman–Crippen MR) is 48.6 cm³/mol. The third-order valence-electron chi connectivity index (χ3n) is 2.30. The minimum absolute atomic E-state index is 0.206. The lowest BCUT2D eigenvalue weighted by Crippen LogP contribution is -2.23. The normalized spacial score (nSPS) is 19.9. The van der Waals surface area contributed by atoms with Crippen LogP contribution < -0.4 is 5.32 Å². The summed E-state index contributed by atoms with van der Waals surface area (Å²) in [6.07, 6.45) is -1.86. The zero-order valence-corrected chi connectivity index (χ0v) is 7.97. The highest BCUT2D eigenvalue weighted by Gasteiger charge is 2.38. The molecule has 1 aliphatic heterocycles. The summed E-state index contributed by atoms with van der Waals surface area (Å²) in [6.45, 7) is 0. The van der Waals surface area contributed by atoms with Crippen LogP contribution in [0.25, 0.3) is 0 Å². The van der Waals surface area contributed by atoms with Crippen LogP contribution in [-0.2, 0) is 0 Å². The lowest BCUT2D eigenvalue weighted by Gasteiger charge is -2.14. The van der Waals surface area contributed by atoms with Crippen LogP contribution in [0.2, 0.25) is 0 Å². The molecule has 0 aromatic rings. The Balaban J connectivity index is 2.39. The zero-order chi connectivity index (χ0) is 11.9. The van der Waals surface area contributed by atoms with Crippen molar-refractivity contribution in [1.82, 2.24) is 5.32 Å². The van der Waals surface area contributed by atoms with Crippen molar-refractivity contribution in [2.45, 2.75) is 19.0 Å². The minimum Gasteiger partial charge on any atom is -0.356 e. The van der Waals surface area contributed by atoms with Gasteiger partial charge in [0.05, 0.1) is 10.5 Å². The van der Waals surface area contributed by atoms with Gasteiger partial charge in [0.2, 0.25) is 0 Å². The number of halogens is 3. The van der Waals surface area contributed by atoms with Crippen LogP contribution in [0.15, 0.2) is 34.8 Å². The van der Waals surface area contributed by atoms with Gasteiger partial charge in [0.1, 0.15) is 5.70 Å². The smallest absolute Gasteiger partial charge is 0.356 e. The number of nitro groups is 1. The quantitative estimate of drug-likeness (QED) is 0.557. The van der Waals surface area contributed by atoms with Crippen molar-refractivity contribution in [3.05, 3.63) is 44.9 Å². The highest BCUT2D eigenvalue weighted by Crippen LogP contribution is 2.37. The van der Waals surface area contributed by atoms with Crippen molar-refractivity contribution in [2.24, 2.45) is 0 Å². The van der Waals surface area contributed by atoms with Crippen LogP contribution in [0.3, 0.4) is 0 Å². The van der Waals surface area contributed by atoms with E-state index in [2.05, 4.69) is 5.32 Å². The second kappa shape index (κ2) is 3.36. The largest absolute Gasteiger partial charge is 0.418 e. The van der Waals surface area contributed by atoms with Crippen LogP contribution >= 0.6 is 0 Å². The van der Waals surface area contributed by atoms with Gasteiger partial charge in [-0.3, -0.25) is 10.1 Å². The fourth-order valence-electron chi connectivity index (χ4n) is 1.39. The van der Waals surface area contributed by atoms with E-state index in [0.29, 0.717) is 18.9 Å². The maximum absolute atomic E-state index is 12.3. The molecule has 0 radical (unpaired) electrons. The Morgan fingerprint density at radius 2 is 2.00 bits per heavy atom. The zero-order valence-electron chi connectivity index (χ0n) is 7.97. The predicted octanol–water partition coefficient (Wildman–Crippen LogP) is 2.24. The minimum atomic E-state index is -4.58. The van der Waals surface area contributed by atoms with E-state index in [1.807, 2.05) is 0 Å². The van der Waals surface area contributed by atoms with Gasteiger partial charge < -0.3 is 5.32 Å². The molecule has 7 heteroatoms. The molecular weight excluding hydrogens is 225 g/mol. The van der Waals surface area contributed by atoms with Crippen molar-refractivity contribution in [3.8, 4) is 0 Å². The standard InChI is InChI=1S/C9H7F3N2O2/c10-9(11,12)6-3-7(14(15)16)8(13-4-6)5-1-2-5/h3-4,13H,1-2H2. The van der Waals surface area contributed by atoms with Gasteiger partial charge in [0, 0.05) is 12.3 Å². The van der Waals surface area contributed by atoms with E-state index in [0.717, 1.165) is 11.8 Å². The Hall–Kier alpha value is -1.79. The van der Waals surface area contributed by atoms with Gasteiger partial charge in [-0.2, -0.15) is 13.2 Å². The summed E-state index contributed by atoms with van der Waals surface area (Å²) >= 11 is 0. The summed E-state index contributed by atoms with van der Waals surface area (Å²) in [5, 5.41) is 13.0. The molecule has 0 aromatic heterocycles. The SMILES string of the molecule is O=[N+]([O-])C1=CC(C(F)(F)F)=CNC1=C1CC1. The first kappa shape index (κ1) is 10.7. The van der Waals surface area contributed by atoms with Gasteiger partial charge >= 0.3 is 6.18 Å². The first-order chi connectivity index (χ1) is 7.39. The van der Waals surface area contributed by atoms with E-state index >= 15 is 0 Å². The summed E-state index contributed by atoms with van der Waals surface area (Å²) in [6, 6.07) is 0. The Bertz CT molecular complexity index is 440. The molecule has 4 nitrogen and oxygen atoms in total. The van der Waals surface area contributed by atoms with Crippen LogP contribution in [0.4, 0.5) is 13.2 Å². The van der Waals surface area contributed by atoms with Crippen molar-refractivity contribution < 1.29 is 18.1 Å². The van der Waals surface area contributed by atoms with Gasteiger partial charge in [0.25, 0.3) is 5.70 Å². The molecule has 0 aromatic carbocycles. The third-order valence-corrected chi connectivity index (χ3v) is 2.30. The number of alkyl halides is 3. The molecule has 2 rings (SSSR count). The van der Waals surface area contributed by atoms with Crippen LogP contribution in [0, 0.1) is 10.1 Å². The van der Waals surface area contributed by atoms with Gasteiger partial charge in [-0.25, -0.2) is 0 Å². The number of hydrogen-bond acceptors (Lipinski definition) is 3. The number of allylic oxidation sites excluding steroid dienone is 3. The van der Waals surface area contributed by atoms with Gasteiger partial charge in [-0.05, 0) is 18.4 Å². The Labute approximate surface area is 88.3 Å². The highest BCUT2D eigenvalue weighted by atomic mass is 19.4. The molecule has 0 amide bonds. The van der Waals surface area contributed by atoms with Crippen molar-refractivity contribution >= 4 is 0 Å². The summed E-state index contributed by atoms with van der Waals surface area (Å²) in [4.78, 5) is 9.84. The van der Waals surface area contributed by atoms with Crippen LogP contribution in [0.1, 0.15) is 12.8 Å². The fraction of sp³-hybridized carbons (Fsp3) is 0.333. The fourth-order valence-corrected chi connectivity index (χ4v) is 1.39. The average Bonchev–Trinajstić information content (AvgIpc) is 2.98. The number of rotatable bonds is 1. The molecule has 0 spiro atoms. The molecule has 1 aliphatic carbocycles. The van der Waals surface area contributed by atoms with E-state index in [4.69, 9.17) is 0 Å². The first-order valence-electron chi connectivity index (χ1n) is 4.52. The average molecular weight is 232 g/mol. The summed E-state index contributed by atoms with van der Waals surface area (Å²) in [5.41, 5.74) is -0.551. The molecule has 0 unspecified atom stereocenters. The number of hydrogen-bond donors (Lipinski definition) is 1. The maximum Gasteiger partial charge on any atom is 0.418 e. The van der Waals surface area contributed by atoms with E-state index in [-0.39, 0.29) is 5.70 Å². The monoisotopic (exact) mass is 232 g/mol. The lowest BCUT2D eigenvalue weighted by molar-refractivity contribution is -0.421. The van der Waals surface area contributed by atoms with E-state index in [1.54, 1.807) is 0 Å². The second-order valence-electron chi connectivity index (χ2n) is 3.51. The van der Waals surface area contributed by atoms with Crippen LogP contribution in [-0.4, -0.2) is 11.1 Å². The third kappa shape index (κ3) is 1.93. The van der Waals surface area contributed by atoms with Crippen molar-refractivity contribution in [3.63, 3.8) is 0 Å². The topological polar surface area (TPSA) is 55.2 Å². The number of dihydropyridines is 1. The highest BCUT2D eigenvalue weighted by molar-refractivity contribution is 5.44. The van der Waals surface area contributed by atoms with Crippen molar-refractivity contribution in [2.75, 3.05) is 0 Å². The Morgan fingerprint density at radius 1 is 1.38 bits per heavy atom. The summed E-state index contributed by atoms with van der Waals surface area (Å²) < 4.78 is 37.0. The molecule has 0 bridgehead atoms. The van der Waals surface area contributed by atoms with E-state index in [1.165, 1.54) is 0 Å². The molecule has 1 saturated carbocycles. The van der Waals surface area contributed by atoms with E-state index < -0.39 is 22.4 Å². The maximum atomic E-state index is 12.3.